The highest BCUT2D eigenvalue weighted by Crippen LogP contribution is 2.43. The summed E-state index contributed by atoms with van der Waals surface area (Å²) in [7, 11) is 1.47. The molecule has 4 rings (SSSR count). The van der Waals surface area contributed by atoms with E-state index in [9.17, 15) is 19.5 Å². The third kappa shape index (κ3) is 5.41. The maximum Gasteiger partial charge on any atom is 0.338 e. The molecular weight excluding hydrogens is 496 g/mol. The minimum Gasteiger partial charge on any atom is -0.507 e. The number of Topliss-reactive ketones (excluding diaryl/α,β-unsaturated/α-hetero) is 1. The number of rotatable bonds is 7. The Kier molecular flexibility index (Phi) is 7.85. The first-order chi connectivity index (χ1) is 18.6. The van der Waals surface area contributed by atoms with Crippen LogP contribution in [0, 0.1) is 0 Å². The summed E-state index contributed by atoms with van der Waals surface area (Å²) < 4.78 is 10.8. The Hall–Kier alpha value is -4.46. The highest BCUT2D eigenvalue weighted by Gasteiger charge is 2.48. The first kappa shape index (κ1) is 27.6. The fourth-order valence-corrected chi connectivity index (χ4v) is 4.48. The van der Waals surface area contributed by atoms with E-state index in [1.807, 2.05) is 33.8 Å². The lowest BCUT2D eigenvalue weighted by molar-refractivity contribution is -0.132. The number of ether oxygens (including phenoxy) is 2. The standard InChI is InChI=1S/C31H32N2O6/c1-6-16-39-30(37)19-10-9-11-21(17-19)33-26(23-12-7-8-15-32-23)25(28(35)29(33)36)27(34)22-18-20(31(2,3)4)13-14-24(22)38-5/h7-15,17-18,26,34H,6,16H2,1-5H3/b27-25+. The SMILES string of the molecule is CCCOC(=O)c1cccc(N2C(=O)C(=O)/C(=C(/O)c3cc(C(C)(C)C)ccc3OC)C2c2ccccn2)c1. The van der Waals surface area contributed by atoms with Gasteiger partial charge in [-0.15, -0.1) is 0 Å². The minimum atomic E-state index is -1.05. The van der Waals surface area contributed by atoms with Gasteiger partial charge in [0.15, 0.2) is 0 Å². The van der Waals surface area contributed by atoms with Crippen LogP contribution in [0.4, 0.5) is 5.69 Å². The molecule has 1 fully saturated rings. The number of pyridine rings is 1. The summed E-state index contributed by atoms with van der Waals surface area (Å²) in [4.78, 5) is 45.3. The maximum atomic E-state index is 13.6. The van der Waals surface area contributed by atoms with Crippen molar-refractivity contribution in [2.75, 3.05) is 18.6 Å². The van der Waals surface area contributed by atoms with Gasteiger partial charge >= 0.3 is 5.97 Å². The number of nitrogens with zero attached hydrogens (tertiary/aromatic N) is 2. The number of esters is 1. The van der Waals surface area contributed by atoms with E-state index in [-0.39, 0.29) is 28.9 Å². The molecule has 1 atom stereocenters. The van der Waals surface area contributed by atoms with Gasteiger partial charge in [-0.2, -0.15) is 0 Å². The molecule has 0 bridgehead atoms. The van der Waals surface area contributed by atoms with Crippen molar-refractivity contribution in [3.63, 3.8) is 0 Å². The Bertz CT molecular complexity index is 1440. The highest BCUT2D eigenvalue weighted by molar-refractivity contribution is 6.51. The monoisotopic (exact) mass is 528 g/mol. The molecule has 1 amide bonds. The number of ketones is 1. The normalized spacial score (nSPS) is 16.8. The van der Waals surface area contributed by atoms with Crippen LogP contribution in [-0.2, 0) is 19.7 Å². The van der Waals surface area contributed by atoms with E-state index in [0.29, 0.717) is 29.1 Å². The van der Waals surface area contributed by atoms with Gasteiger partial charge in [0.2, 0.25) is 0 Å². The molecule has 0 spiro atoms. The van der Waals surface area contributed by atoms with E-state index in [4.69, 9.17) is 9.47 Å². The van der Waals surface area contributed by atoms with E-state index < -0.39 is 23.7 Å². The second-order valence-corrected chi connectivity index (χ2v) is 10.3. The van der Waals surface area contributed by atoms with Gasteiger partial charge in [-0.3, -0.25) is 19.5 Å². The molecule has 1 aromatic heterocycles. The smallest absolute Gasteiger partial charge is 0.338 e. The van der Waals surface area contributed by atoms with E-state index in [1.165, 1.54) is 18.1 Å². The predicted octanol–water partition coefficient (Wildman–Crippen LogP) is 5.58. The van der Waals surface area contributed by atoms with Crippen LogP contribution in [0.3, 0.4) is 0 Å². The van der Waals surface area contributed by atoms with Gasteiger partial charge in [0.05, 0.1) is 36.1 Å². The minimum absolute atomic E-state index is 0.123. The molecule has 1 aliphatic heterocycles. The number of anilines is 1. The van der Waals surface area contributed by atoms with Crippen LogP contribution >= 0.6 is 0 Å². The summed E-state index contributed by atoms with van der Waals surface area (Å²) in [5.41, 5.74) is 1.74. The fourth-order valence-electron chi connectivity index (χ4n) is 4.48. The number of benzene rings is 2. The summed E-state index contributed by atoms with van der Waals surface area (Å²) >= 11 is 0. The molecule has 1 saturated heterocycles. The predicted molar refractivity (Wildman–Crippen MR) is 148 cm³/mol. The first-order valence-corrected chi connectivity index (χ1v) is 12.8. The number of aliphatic hydroxyl groups is 1. The van der Waals surface area contributed by atoms with Crippen LogP contribution < -0.4 is 9.64 Å². The van der Waals surface area contributed by atoms with E-state index >= 15 is 0 Å². The topological polar surface area (TPSA) is 106 Å². The number of amides is 1. The van der Waals surface area contributed by atoms with Crippen molar-refractivity contribution in [3.05, 3.63) is 94.8 Å². The molecular formula is C31H32N2O6. The van der Waals surface area contributed by atoms with Gasteiger partial charge in [0, 0.05) is 11.9 Å². The molecule has 2 aromatic carbocycles. The van der Waals surface area contributed by atoms with Crippen molar-refractivity contribution in [1.82, 2.24) is 4.98 Å². The highest BCUT2D eigenvalue weighted by atomic mass is 16.5. The van der Waals surface area contributed by atoms with Crippen molar-refractivity contribution in [2.24, 2.45) is 0 Å². The Morgan fingerprint density at radius 3 is 2.46 bits per heavy atom. The summed E-state index contributed by atoms with van der Waals surface area (Å²) in [6, 6.07) is 15.8. The lowest BCUT2D eigenvalue weighted by atomic mass is 9.85. The van der Waals surface area contributed by atoms with Crippen LogP contribution in [0.1, 0.15) is 67.3 Å². The average Bonchev–Trinajstić information content (AvgIpc) is 3.20. The van der Waals surface area contributed by atoms with Crippen LogP contribution in [0.25, 0.3) is 5.76 Å². The summed E-state index contributed by atoms with van der Waals surface area (Å²) in [6.07, 6.45) is 2.22. The summed E-state index contributed by atoms with van der Waals surface area (Å²) in [6.45, 7) is 8.25. The molecule has 39 heavy (non-hydrogen) atoms. The van der Waals surface area contributed by atoms with Gasteiger partial charge in [0.1, 0.15) is 17.6 Å². The van der Waals surface area contributed by atoms with Crippen molar-refractivity contribution < 1.29 is 29.0 Å². The first-order valence-electron chi connectivity index (χ1n) is 12.8. The third-order valence-electron chi connectivity index (χ3n) is 6.53. The molecule has 0 aliphatic carbocycles. The van der Waals surface area contributed by atoms with Crippen molar-refractivity contribution in [2.45, 2.75) is 45.6 Å². The second-order valence-electron chi connectivity index (χ2n) is 10.3. The maximum absolute atomic E-state index is 13.6. The zero-order valence-corrected chi connectivity index (χ0v) is 22.7. The molecule has 0 saturated carbocycles. The largest absolute Gasteiger partial charge is 0.507 e. The Balaban J connectivity index is 1.92. The fraction of sp³-hybridized carbons (Fsp3) is 0.290. The summed E-state index contributed by atoms with van der Waals surface area (Å²) in [5, 5.41) is 11.6. The summed E-state index contributed by atoms with van der Waals surface area (Å²) in [5.74, 6) is -2.27. The Labute approximate surface area is 227 Å². The van der Waals surface area contributed by atoms with E-state index in [1.54, 1.807) is 54.7 Å². The molecule has 8 heteroatoms. The van der Waals surface area contributed by atoms with Gasteiger partial charge in [-0.25, -0.2) is 4.79 Å². The number of hydrogen-bond acceptors (Lipinski definition) is 7. The second kappa shape index (κ2) is 11.1. The third-order valence-corrected chi connectivity index (χ3v) is 6.53. The number of aliphatic hydroxyl groups excluding tert-OH is 1. The molecule has 1 aliphatic rings. The Morgan fingerprint density at radius 1 is 1.05 bits per heavy atom. The number of aromatic nitrogens is 1. The molecule has 2 heterocycles. The molecule has 0 radical (unpaired) electrons. The number of hydrogen-bond donors (Lipinski definition) is 1. The molecule has 202 valence electrons. The number of carbonyl (C=O) groups excluding carboxylic acids is 3. The van der Waals surface area contributed by atoms with E-state index in [0.717, 1.165) is 5.56 Å². The van der Waals surface area contributed by atoms with Crippen LogP contribution in [0.2, 0.25) is 0 Å². The molecule has 8 nitrogen and oxygen atoms in total. The molecule has 3 aromatic rings. The van der Waals surface area contributed by atoms with Gasteiger partial charge < -0.3 is 14.6 Å². The van der Waals surface area contributed by atoms with E-state index in [2.05, 4.69) is 4.98 Å². The van der Waals surface area contributed by atoms with Crippen LogP contribution in [0.5, 0.6) is 5.75 Å². The van der Waals surface area contributed by atoms with Crippen LogP contribution in [-0.4, -0.2) is 41.5 Å². The number of carbonyl (C=O) groups is 3. The number of methoxy groups -OCH3 is 1. The Morgan fingerprint density at radius 2 is 1.82 bits per heavy atom. The average molecular weight is 529 g/mol. The quantitative estimate of drug-likeness (QED) is 0.185. The van der Waals surface area contributed by atoms with Crippen LogP contribution in [0.15, 0.2) is 72.4 Å². The van der Waals surface area contributed by atoms with Gasteiger partial charge in [-0.1, -0.05) is 45.9 Å². The van der Waals surface area contributed by atoms with Crippen molar-refractivity contribution in [1.29, 1.82) is 0 Å². The van der Waals surface area contributed by atoms with Gasteiger partial charge in [-0.05, 0) is 59.9 Å². The zero-order chi connectivity index (χ0) is 28.3. The zero-order valence-electron chi connectivity index (χ0n) is 22.7. The molecule has 1 N–H and O–H groups in total. The lowest BCUT2D eigenvalue weighted by Gasteiger charge is -2.25. The lowest BCUT2D eigenvalue weighted by Crippen LogP contribution is -2.30. The molecule has 1 unspecified atom stereocenters. The van der Waals surface area contributed by atoms with Crippen molar-refractivity contribution >= 4 is 29.1 Å². The van der Waals surface area contributed by atoms with Gasteiger partial charge in [0.25, 0.3) is 11.7 Å². The van der Waals surface area contributed by atoms with Crippen molar-refractivity contribution in [3.8, 4) is 5.75 Å².